The third-order valence-corrected chi connectivity index (χ3v) is 5.37. The van der Waals surface area contributed by atoms with Gasteiger partial charge in [0.05, 0.1) is 25.5 Å². The lowest BCUT2D eigenvalue weighted by Gasteiger charge is -2.16. The summed E-state index contributed by atoms with van der Waals surface area (Å²) in [6, 6.07) is 20.1. The first kappa shape index (κ1) is 21.2. The second kappa shape index (κ2) is 8.59. The molecule has 32 heavy (non-hydrogen) atoms. The molecule has 0 saturated heterocycles. The van der Waals surface area contributed by atoms with Crippen molar-refractivity contribution in [3.05, 3.63) is 89.1 Å². The summed E-state index contributed by atoms with van der Waals surface area (Å²) in [4.78, 5) is 28.1. The summed E-state index contributed by atoms with van der Waals surface area (Å²) in [7, 11) is 3.10. The minimum atomic E-state index is -0.413. The number of imide groups is 1. The summed E-state index contributed by atoms with van der Waals surface area (Å²) in [5, 5.41) is 3.15. The van der Waals surface area contributed by atoms with Gasteiger partial charge in [0.15, 0.2) is 11.5 Å². The Labute approximate surface area is 187 Å². The minimum Gasteiger partial charge on any atom is -0.493 e. The topological polar surface area (TPSA) is 67.9 Å². The van der Waals surface area contributed by atoms with E-state index in [1.54, 1.807) is 44.6 Å². The molecule has 0 saturated carbocycles. The zero-order valence-electron chi connectivity index (χ0n) is 18.4. The van der Waals surface area contributed by atoms with Gasteiger partial charge in [0.25, 0.3) is 11.8 Å². The molecule has 3 aromatic carbocycles. The zero-order chi connectivity index (χ0) is 22.8. The van der Waals surface area contributed by atoms with E-state index in [-0.39, 0.29) is 11.6 Å². The van der Waals surface area contributed by atoms with Gasteiger partial charge < -0.3 is 14.8 Å². The van der Waals surface area contributed by atoms with Crippen LogP contribution in [0.1, 0.15) is 16.7 Å². The van der Waals surface area contributed by atoms with Crippen molar-refractivity contribution >= 4 is 28.8 Å². The quantitative estimate of drug-likeness (QED) is 0.576. The number of carbonyl (C=O) groups excluding carboxylic acids is 2. The van der Waals surface area contributed by atoms with Crippen LogP contribution < -0.4 is 19.7 Å². The lowest BCUT2D eigenvalue weighted by atomic mass is 10.0. The van der Waals surface area contributed by atoms with Gasteiger partial charge in [-0.3, -0.25) is 9.59 Å². The highest BCUT2D eigenvalue weighted by Crippen LogP contribution is 2.36. The maximum atomic E-state index is 13.5. The molecule has 0 atom stereocenters. The van der Waals surface area contributed by atoms with Gasteiger partial charge in [-0.25, -0.2) is 4.90 Å². The van der Waals surface area contributed by atoms with Crippen molar-refractivity contribution < 1.29 is 19.1 Å². The van der Waals surface area contributed by atoms with Gasteiger partial charge in [-0.2, -0.15) is 0 Å². The molecule has 0 aromatic heterocycles. The van der Waals surface area contributed by atoms with Crippen molar-refractivity contribution in [1.82, 2.24) is 0 Å². The number of benzene rings is 3. The summed E-state index contributed by atoms with van der Waals surface area (Å²) in [5.41, 5.74) is 4.45. The van der Waals surface area contributed by atoms with E-state index in [0.29, 0.717) is 34.0 Å². The van der Waals surface area contributed by atoms with E-state index in [9.17, 15) is 9.59 Å². The average Bonchev–Trinajstić information content (AvgIpc) is 3.04. The molecule has 1 aliphatic rings. The number of rotatable bonds is 6. The van der Waals surface area contributed by atoms with Crippen molar-refractivity contribution in [2.45, 2.75) is 13.8 Å². The molecule has 3 aromatic rings. The molecule has 0 radical (unpaired) electrons. The summed E-state index contributed by atoms with van der Waals surface area (Å²) < 4.78 is 10.7. The van der Waals surface area contributed by atoms with Crippen LogP contribution in [-0.2, 0) is 9.59 Å². The summed E-state index contributed by atoms with van der Waals surface area (Å²) >= 11 is 0. The number of aryl methyl sites for hydroxylation is 2. The van der Waals surface area contributed by atoms with Crippen LogP contribution in [0.4, 0.5) is 11.4 Å². The van der Waals surface area contributed by atoms with Gasteiger partial charge in [0, 0.05) is 11.8 Å². The van der Waals surface area contributed by atoms with Crippen molar-refractivity contribution in [3.8, 4) is 11.5 Å². The average molecular weight is 428 g/mol. The van der Waals surface area contributed by atoms with Gasteiger partial charge in [-0.05, 0) is 43.7 Å². The van der Waals surface area contributed by atoms with Gasteiger partial charge >= 0.3 is 0 Å². The van der Waals surface area contributed by atoms with Gasteiger partial charge in [0.2, 0.25) is 0 Å². The van der Waals surface area contributed by atoms with E-state index in [1.165, 1.54) is 4.90 Å². The molecule has 0 fully saturated rings. The molecule has 1 N–H and O–H groups in total. The largest absolute Gasteiger partial charge is 0.493 e. The van der Waals surface area contributed by atoms with E-state index in [1.807, 2.05) is 50.2 Å². The maximum Gasteiger partial charge on any atom is 0.282 e. The van der Waals surface area contributed by atoms with E-state index >= 15 is 0 Å². The van der Waals surface area contributed by atoms with Crippen molar-refractivity contribution in [2.24, 2.45) is 0 Å². The fourth-order valence-corrected chi connectivity index (χ4v) is 3.62. The molecule has 1 heterocycles. The molecule has 6 heteroatoms. The summed E-state index contributed by atoms with van der Waals surface area (Å²) in [6.07, 6.45) is 0. The SMILES string of the molecule is COc1ccc(NC2=C(c3ccc(C)cc3)C(=O)N(c3ccc(C)cc3)C2=O)cc1OC. The van der Waals surface area contributed by atoms with Crippen LogP contribution in [-0.4, -0.2) is 26.0 Å². The van der Waals surface area contributed by atoms with E-state index < -0.39 is 5.91 Å². The molecular formula is C26H24N2O4. The van der Waals surface area contributed by atoms with Crippen LogP contribution in [0.2, 0.25) is 0 Å². The molecule has 0 bridgehead atoms. The lowest BCUT2D eigenvalue weighted by molar-refractivity contribution is -0.120. The smallest absolute Gasteiger partial charge is 0.282 e. The van der Waals surface area contributed by atoms with E-state index in [2.05, 4.69) is 5.32 Å². The number of ether oxygens (including phenoxy) is 2. The number of nitrogens with one attached hydrogen (secondary N) is 1. The lowest BCUT2D eigenvalue weighted by Crippen LogP contribution is -2.32. The number of nitrogens with zero attached hydrogens (tertiary/aromatic N) is 1. The predicted octanol–water partition coefficient (Wildman–Crippen LogP) is 4.72. The standard InChI is InChI=1S/C26H24N2O4/c1-16-5-9-18(10-6-16)23-24(27-19-11-14-21(31-3)22(15-19)32-4)26(30)28(25(23)29)20-12-7-17(2)8-13-20/h5-15,27H,1-4H3. The Morgan fingerprint density at radius 1 is 0.719 bits per heavy atom. The van der Waals surface area contributed by atoms with Crippen molar-refractivity contribution in [1.29, 1.82) is 0 Å². The van der Waals surface area contributed by atoms with E-state index in [4.69, 9.17) is 9.47 Å². The predicted molar refractivity (Wildman–Crippen MR) is 125 cm³/mol. The Hall–Kier alpha value is -4.06. The fourth-order valence-electron chi connectivity index (χ4n) is 3.62. The molecule has 1 aliphatic heterocycles. The normalized spacial score (nSPS) is 13.6. The zero-order valence-corrected chi connectivity index (χ0v) is 18.4. The number of hydrogen-bond acceptors (Lipinski definition) is 5. The maximum absolute atomic E-state index is 13.5. The third-order valence-electron chi connectivity index (χ3n) is 5.37. The van der Waals surface area contributed by atoms with Crippen LogP contribution in [0.25, 0.3) is 5.57 Å². The van der Waals surface area contributed by atoms with Crippen LogP contribution >= 0.6 is 0 Å². The Balaban J connectivity index is 1.80. The molecule has 2 amide bonds. The molecule has 0 aliphatic carbocycles. The minimum absolute atomic E-state index is 0.214. The molecular weight excluding hydrogens is 404 g/mol. The van der Waals surface area contributed by atoms with Crippen LogP contribution in [0.5, 0.6) is 11.5 Å². The summed E-state index contributed by atoms with van der Waals surface area (Å²) in [6.45, 7) is 3.93. The molecule has 4 rings (SSSR count). The summed E-state index contributed by atoms with van der Waals surface area (Å²) in [5.74, 6) is 0.304. The van der Waals surface area contributed by atoms with Gasteiger partial charge in [-0.15, -0.1) is 0 Å². The first-order chi connectivity index (χ1) is 15.4. The highest BCUT2D eigenvalue weighted by atomic mass is 16.5. The first-order valence-corrected chi connectivity index (χ1v) is 10.2. The van der Waals surface area contributed by atoms with Crippen molar-refractivity contribution in [2.75, 3.05) is 24.4 Å². The number of anilines is 2. The van der Waals surface area contributed by atoms with Gasteiger partial charge in [0.1, 0.15) is 5.70 Å². The Morgan fingerprint density at radius 2 is 1.31 bits per heavy atom. The van der Waals surface area contributed by atoms with Gasteiger partial charge in [-0.1, -0.05) is 47.5 Å². The monoisotopic (exact) mass is 428 g/mol. The number of carbonyl (C=O) groups is 2. The van der Waals surface area contributed by atoms with Crippen LogP contribution in [0.15, 0.2) is 72.4 Å². The number of hydrogen-bond donors (Lipinski definition) is 1. The second-order valence-corrected chi connectivity index (χ2v) is 7.59. The molecule has 0 spiro atoms. The third kappa shape index (κ3) is 3.83. The molecule has 6 nitrogen and oxygen atoms in total. The Morgan fingerprint density at radius 3 is 1.91 bits per heavy atom. The van der Waals surface area contributed by atoms with E-state index in [0.717, 1.165) is 11.1 Å². The first-order valence-electron chi connectivity index (χ1n) is 10.2. The second-order valence-electron chi connectivity index (χ2n) is 7.59. The fraction of sp³-hybridized carbons (Fsp3) is 0.154. The highest BCUT2D eigenvalue weighted by Gasteiger charge is 2.40. The Kier molecular flexibility index (Phi) is 5.69. The molecule has 162 valence electrons. The number of methoxy groups -OCH3 is 2. The number of amides is 2. The van der Waals surface area contributed by atoms with Crippen LogP contribution in [0.3, 0.4) is 0 Å². The highest BCUT2D eigenvalue weighted by molar-refractivity contribution is 6.46. The van der Waals surface area contributed by atoms with Crippen LogP contribution in [0, 0.1) is 13.8 Å². The van der Waals surface area contributed by atoms with Crippen molar-refractivity contribution in [3.63, 3.8) is 0 Å². The Bertz CT molecular complexity index is 1210. The molecule has 0 unspecified atom stereocenters.